The van der Waals surface area contributed by atoms with Gasteiger partial charge in [-0.2, -0.15) is 0 Å². The molecule has 5 unspecified atom stereocenters. The van der Waals surface area contributed by atoms with Crippen LogP contribution in [0.4, 0.5) is 0 Å². The highest BCUT2D eigenvalue weighted by Crippen LogP contribution is 2.38. The largest absolute Gasteiger partial charge is 0.481 e. The average molecular weight is 282 g/mol. The molecule has 0 bridgehead atoms. The second-order valence-corrected chi connectivity index (χ2v) is 6.24. The summed E-state index contributed by atoms with van der Waals surface area (Å²) in [5.41, 5.74) is 0. The summed E-state index contributed by atoms with van der Waals surface area (Å²) in [7, 11) is 1.71. The molecule has 2 saturated heterocycles. The van der Waals surface area contributed by atoms with Gasteiger partial charge in [-0.1, -0.05) is 6.42 Å². The van der Waals surface area contributed by atoms with E-state index < -0.39 is 11.9 Å². The molecule has 6 nitrogen and oxygen atoms in total. The van der Waals surface area contributed by atoms with Crippen LogP contribution in [0.3, 0.4) is 0 Å². The summed E-state index contributed by atoms with van der Waals surface area (Å²) in [4.78, 5) is 25.5. The summed E-state index contributed by atoms with van der Waals surface area (Å²) in [6.45, 7) is 1.43. The Bertz CT molecular complexity index is 414. The van der Waals surface area contributed by atoms with Crippen molar-refractivity contribution < 1.29 is 19.4 Å². The Balaban J connectivity index is 1.69. The fourth-order valence-corrected chi connectivity index (χ4v) is 4.00. The lowest BCUT2D eigenvalue weighted by atomic mass is 9.92. The first-order chi connectivity index (χ1) is 9.59. The van der Waals surface area contributed by atoms with Crippen molar-refractivity contribution in [2.24, 2.45) is 17.8 Å². The van der Waals surface area contributed by atoms with E-state index in [1.807, 2.05) is 0 Å². The van der Waals surface area contributed by atoms with Gasteiger partial charge in [0.1, 0.15) is 5.92 Å². The van der Waals surface area contributed by atoms with Gasteiger partial charge in [0, 0.05) is 7.05 Å². The molecule has 3 fully saturated rings. The van der Waals surface area contributed by atoms with Gasteiger partial charge in [-0.05, 0) is 31.2 Å². The maximum Gasteiger partial charge on any atom is 0.311 e. The van der Waals surface area contributed by atoms with Crippen molar-refractivity contribution in [2.75, 3.05) is 26.8 Å². The fourth-order valence-electron chi connectivity index (χ4n) is 4.00. The maximum absolute atomic E-state index is 12.7. The van der Waals surface area contributed by atoms with Gasteiger partial charge in [0.2, 0.25) is 5.91 Å². The molecule has 0 aromatic heterocycles. The lowest BCUT2D eigenvalue weighted by molar-refractivity contribution is -0.145. The molecule has 3 aliphatic rings. The molecular weight excluding hydrogens is 260 g/mol. The van der Waals surface area contributed by atoms with E-state index in [9.17, 15) is 14.7 Å². The van der Waals surface area contributed by atoms with Crippen LogP contribution >= 0.6 is 0 Å². The summed E-state index contributed by atoms with van der Waals surface area (Å²) in [6, 6.07) is -0.482. The number of amides is 1. The van der Waals surface area contributed by atoms with Gasteiger partial charge in [-0.3, -0.25) is 9.59 Å². The quantitative estimate of drug-likeness (QED) is 0.758. The number of rotatable bonds is 3. The summed E-state index contributed by atoms with van der Waals surface area (Å²) >= 11 is 0. The SMILES string of the molecule is CN(C(=O)C1NCC2CCCC21)C1COCC1C(=O)O. The molecule has 6 heteroatoms. The van der Waals surface area contributed by atoms with Crippen LogP contribution in [0.15, 0.2) is 0 Å². The minimum absolute atomic E-state index is 0.0288. The molecule has 2 N–H and O–H groups in total. The Morgan fingerprint density at radius 1 is 1.30 bits per heavy atom. The normalized spacial score (nSPS) is 39.8. The van der Waals surface area contributed by atoms with Gasteiger partial charge in [-0.25, -0.2) is 0 Å². The van der Waals surface area contributed by atoms with Crippen molar-refractivity contribution in [3.63, 3.8) is 0 Å². The van der Waals surface area contributed by atoms with E-state index in [4.69, 9.17) is 4.74 Å². The van der Waals surface area contributed by atoms with E-state index in [1.54, 1.807) is 11.9 Å². The monoisotopic (exact) mass is 282 g/mol. The molecule has 112 valence electrons. The number of aliphatic carboxylic acids is 1. The van der Waals surface area contributed by atoms with Crippen LogP contribution in [0, 0.1) is 17.8 Å². The van der Waals surface area contributed by atoms with E-state index >= 15 is 0 Å². The van der Waals surface area contributed by atoms with Crippen LogP contribution in [0.5, 0.6) is 0 Å². The zero-order chi connectivity index (χ0) is 14.3. The number of likely N-dealkylation sites (N-methyl/N-ethyl adjacent to an activating group) is 1. The molecular formula is C14H22N2O4. The number of carboxylic acid groups (broad SMARTS) is 1. The smallest absolute Gasteiger partial charge is 0.311 e. The van der Waals surface area contributed by atoms with E-state index in [2.05, 4.69) is 5.32 Å². The summed E-state index contributed by atoms with van der Waals surface area (Å²) in [5, 5.41) is 12.5. The topological polar surface area (TPSA) is 78.9 Å². The van der Waals surface area contributed by atoms with Crippen molar-refractivity contribution in [1.82, 2.24) is 10.2 Å². The molecule has 0 spiro atoms. The average Bonchev–Trinajstić information content (AvgIpc) is 3.11. The highest BCUT2D eigenvalue weighted by Gasteiger charge is 2.46. The van der Waals surface area contributed by atoms with Gasteiger partial charge in [0.15, 0.2) is 0 Å². The predicted molar refractivity (Wildman–Crippen MR) is 71.1 cm³/mol. The summed E-state index contributed by atoms with van der Waals surface area (Å²) in [5.74, 6) is -0.417. The zero-order valence-electron chi connectivity index (χ0n) is 11.7. The maximum atomic E-state index is 12.7. The van der Waals surface area contributed by atoms with Crippen molar-refractivity contribution >= 4 is 11.9 Å². The van der Waals surface area contributed by atoms with Crippen LogP contribution < -0.4 is 5.32 Å². The molecule has 5 atom stereocenters. The number of carbonyl (C=O) groups is 2. The first-order valence-electron chi connectivity index (χ1n) is 7.40. The molecule has 1 saturated carbocycles. The third kappa shape index (κ3) is 2.20. The number of nitrogens with zero attached hydrogens (tertiary/aromatic N) is 1. The minimum Gasteiger partial charge on any atom is -0.481 e. The third-order valence-corrected chi connectivity index (χ3v) is 5.22. The predicted octanol–water partition coefficient (Wildman–Crippen LogP) is -0.0675. The van der Waals surface area contributed by atoms with Crippen molar-refractivity contribution in [3.8, 4) is 0 Å². The summed E-state index contributed by atoms with van der Waals surface area (Å²) < 4.78 is 5.26. The van der Waals surface area contributed by atoms with Gasteiger partial charge >= 0.3 is 5.97 Å². The van der Waals surface area contributed by atoms with E-state index in [-0.39, 0.29) is 24.6 Å². The molecule has 1 aliphatic carbocycles. The van der Waals surface area contributed by atoms with Crippen LogP contribution in [0.1, 0.15) is 19.3 Å². The van der Waals surface area contributed by atoms with Crippen LogP contribution in [0.25, 0.3) is 0 Å². The summed E-state index contributed by atoms with van der Waals surface area (Å²) in [6.07, 6.45) is 3.51. The minimum atomic E-state index is -0.884. The standard InChI is InChI=1S/C14H22N2O4/c1-16(11-7-20-6-10(11)14(18)19)13(17)12-9-4-2-3-8(9)5-15-12/h8-12,15H,2-7H2,1H3,(H,18,19). The second-order valence-electron chi connectivity index (χ2n) is 6.24. The Kier molecular flexibility index (Phi) is 3.69. The van der Waals surface area contributed by atoms with Crippen molar-refractivity contribution in [3.05, 3.63) is 0 Å². The Morgan fingerprint density at radius 2 is 2.10 bits per heavy atom. The fraction of sp³-hybridized carbons (Fsp3) is 0.857. The molecule has 2 aliphatic heterocycles. The van der Waals surface area contributed by atoms with Gasteiger partial charge in [0.05, 0.1) is 25.3 Å². The van der Waals surface area contributed by atoms with Gasteiger partial charge in [-0.15, -0.1) is 0 Å². The number of carbonyl (C=O) groups excluding carboxylic acids is 1. The lowest BCUT2D eigenvalue weighted by Crippen LogP contribution is -2.51. The Hall–Kier alpha value is -1.14. The number of hydrogen-bond acceptors (Lipinski definition) is 4. The second kappa shape index (κ2) is 5.33. The number of carboxylic acids is 1. The molecule has 0 radical (unpaired) electrons. The van der Waals surface area contributed by atoms with Crippen LogP contribution in [-0.2, 0) is 14.3 Å². The molecule has 0 aromatic rings. The Labute approximate surface area is 118 Å². The van der Waals surface area contributed by atoms with Gasteiger partial charge < -0.3 is 20.1 Å². The number of hydrogen-bond donors (Lipinski definition) is 2. The third-order valence-electron chi connectivity index (χ3n) is 5.22. The molecule has 20 heavy (non-hydrogen) atoms. The number of ether oxygens (including phenoxy) is 1. The van der Waals surface area contributed by atoms with Crippen LogP contribution in [-0.4, -0.2) is 60.8 Å². The first kappa shape index (κ1) is 13.8. The lowest BCUT2D eigenvalue weighted by Gasteiger charge is -2.30. The van der Waals surface area contributed by atoms with Crippen LogP contribution in [0.2, 0.25) is 0 Å². The molecule has 2 heterocycles. The van der Waals surface area contributed by atoms with Crippen molar-refractivity contribution in [2.45, 2.75) is 31.3 Å². The number of fused-ring (bicyclic) bond motifs is 1. The van der Waals surface area contributed by atoms with E-state index in [0.29, 0.717) is 18.4 Å². The van der Waals surface area contributed by atoms with E-state index in [1.165, 1.54) is 12.8 Å². The first-order valence-corrected chi connectivity index (χ1v) is 7.40. The zero-order valence-corrected chi connectivity index (χ0v) is 11.7. The highest BCUT2D eigenvalue weighted by molar-refractivity contribution is 5.84. The number of nitrogens with one attached hydrogen (secondary N) is 1. The van der Waals surface area contributed by atoms with Crippen molar-refractivity contribution in [1.29, 1.82) is 0 Å². The Morgan fingerprint density at radius 3 is 2.85 bits per heavy atom. The molecule has 1 amide bonds. The highest BCUT2D eigenvalue weighted by atomic mass is 16.5. The van der Waals surface area contributed by atoms with E-state index in [0.717, 1.165) is 13.0 Å². The van der Waals surface area contributed by atoms with Gasteiger partial charge in [0.25, 0.3) is 0 Å². The molecule has 3 rings (SSSR count). The molecule has 0 aromatic carbocycles.